The molecular formula is C21H16ClN3O3S. The summed E-state index contributed by atoms with van der Waals surface area (Å²) in [5.74, 6) is 0.252. The Balaban J connectivity index is 1.81. The molecule has 0 fully saturated rings. The molecule has 0 saturated carbocycles. The SMILES string of the molecule is COC(=O)c1sc(NN=c2cc(-c3ccccc3)oc3ccc(Cl)cc23)nc1C. The summed E-state index contributed by atoms with van der Waals surface area (Å²) in [4.78, 5) is 16.6. The Morgan fingerprint density at radius 2 is 2.00 bits per heavy atom. The van der Waals surface area contributed by atoms with Gasteiger partial charge in [0.1, 0.15) is 16.2 Å². The van der Waals surface area contributed by atoms with Crippen molar-refractivity contribution in [1.82, 2.24) is 4.98 Å². The number of esters is 1. The number of thiazole rings is 1. The van der Waals surface area contributed by atoms with E-state index in [0.29, 0.717) is 37.4 Å². The Morgan fingerprint density at radius 3 is 2.76 bits per heavy atom. The molecular weight excluding hydrogens is 410 g/mol. The van der Waals surface area contributed by atoms with Crippen LogP contribution >= 0.6 is 22.9 Å². The minimum Gasteiger partial charge on any atom is -0.465 e. The van der Waals surface area contributed by atoms with Crippen LogP contribution < -0.4 is 10.8 Å². The topological polar surface area (TPSA) is 76.7 Å². The second-order valence-electron chi connectivity index (χ2n) is 6.15. The molecule has 0 unspecified atom stereocenters. The number of nitrogens with one attached hydrogen (secondary N) is 1. The zero-order valence-electron chi connectivity index (χ0n) is 15.6. The summed E-state index contributed by atoms with van der Waals surface area (Å²) in [6, 6.07) is 17.0. The Kier molecular flexibility index (Phi) is 5.33. The van der Waals surface area contributed by atoms with Gasteiger partial charge in [-0.1, -0.05) is 53.3 Å². The number of benzene rings is 2. The number of rotatable bonds is 4. The Bertz CT molecular complexity index is 1270. The summed E-state index contributed by atoms with van der Waals surface area (Å²) < 4.78 is 10.8. The molecule has 4 aromatic rings. The van der Waals surface area contributed by atoms with Crippen LogP contribution in [0.15, 0.2) is 64.1 Å². The van der Waals surface area contributed by atoms with Gasteiger partial charge in [-0.2, -0.15) is 5.10 Å². The predicted octanol–water partition coefficient (Wildman–Crippen LogP) is 5.23. The van der Waals surface area contributed by atoms with Gasteiger partial charge in [-0.05, 0) is 25.1 Å². The van der Waals surface area contributed by atoms with Gasteiger partial charge in [0, 0.05) is 22.0 Å². The highest BCUT2D eigenvalue weighted by Gasteiger charge is 2.15. The molecule has 0 spiro atoms. The molecule has 0 aliphatic heterocycles. The molecule has 8 heteroatoms. The van der Waals surface area contributed by atoms with Crippen LogP contribution in [0, 0.1) is 6.92 Å². The number of nitrogens with zero attached hydrogens (tertiary/aromatic N) is 2. The molecule has 2 aromatic heterocycles. The maximum absolute atomic E-state index is 11.8. The summed E-state index contributed by atoms with van der Waals surface area (Å²) in [5, 5.41) is 6.96. The van der Waals surface area contributed by atoms with E-state index >= 15 is 0 Å². The van der Waals surface area contributed by atoms with Crippen molar-refractivity contribution in [3.8, 4) is 11.3 Å². The maximum Gasteiger partial charge on any atom is 0.350 e. The third-order valence-electron chi connectivity index (χ3n) is 4.20. The van der Waals surface area contributed by atoms with Gasteiger partial charge < -0.3 is 9.15 Å². The van der Waals surface area contributed by atoms with Gasteiger partial charge in [0.25, 0.3) is 0 Å². The minimum absolute atomic E-state index is 0.421. The van der Waals surface area contributed by atoms with E-state index < -0.39 is 5.97 Å². The molecule has 2 aromatic carbocycles. The van der Waals surface area contributed by atoms with Crippen LogP contribution in [0.2, 0.25) is 5.02 Å². The van der Waals surface area contributed by atoms with Crippen molar-refractivity contribution in [2.75, 3.05) is 12.5 Å². The van der Waals surface area contributed by atoms with Crippen molar-refractivity contribution >= 4 is 45.0 Å². The molecule has 29 heavy (non-hydrogen) atoms. The molecule has 2 heterocycles. The number of halogens is 1. The number of aromatic nitrogens is 1. The van der Waals surface area contributed by atoms with Gasteiger partial charge in [0.05, 0.1) is 18.2 Å². The summed E-state index contributed by atoms with van der Waals surface area (Å²) in [6.07, 6.45) is 0. The molecule has 0 atom stereocenters. The van der Waals surface area contributed by atoms with Gasteiger partial charge in [-0.15, -0.1) is 0 Å². The van der Waals surface area contributed by atoms with E-state index in [1.54, 1.807) is 19.1 Å². The molecule has 1 N–H and O–H groups in total. The van der Waals surface area contributed by atoms with Crippen molar-refractivity contribution in [3.05, 3.63) is 75.5 Å². The van der Waals surface area contributed by atoms with Crippen LogP contribution in [0.3, 0.4) is 0 Å². The second-order valence-corrected chi connectivity index (χ2v) is 7.59. The van der Waals surface area contributed by atoms with E-state index in [1.807, 2.05) is 42.5 Å². The van der Waals surface area contributed by atoms with Crippen molar-refractivity contribution in [2.24, 2.45) is 5.10 Å². The van der Waals surface area contributed by atoms with E-state index in [9.17, 15) is 4.79 Å². The number of ether oxygens (including phenoxy) is 1. The van der Waals surface area contributed by atoms with E-state index in [4.69, 9.17) is 20.8 Å². The number of anilines is 1. The van der Waals surface area contributed by atoms with Crippen LogP contribution in [0.25, 0.3) is 22.3 Å². The molecule has 0 aliphatic rings. The lowest BCUT2D eigenvalue weighted by Crippen LogP contribution is -2.07. The fourth-order valence-corrected chi connectivity index (χ4v) is 3.81. The zero-order valence-corrected chi connectivity index (χ0v) is 17.2. The lowest BCUT2D eigenvalue weighted by atomic mass is 10.1. The number of carbonyl (C=O) groups is 1. The molecule has 6 nitrogen and oxygen atoms in total. The fraction of sp³-hybridized carbons (Fsp3) is 0.0952. The average Bonchev–Trinajstić information content (AvgIpc) is 3.12. The van der Waals surface area contributed by atoms with Gasteiger partial charge in [0.2, 0.25) is 5.13 Å². The van der Waals surface area contributed by atoms with Crippen LogP contribution in [-0.4, -0.2) is 18.1 Å². The highest BCUT2D eigenvalue weighted by Crippen LogP contribution is 2.25. The van der Waals surface area contributed by atoms with Gasteiger partial charge >= 0.3 is 5.97 Å². The number of hydrogen-bond donors (Lipinski definition) is 1. The highest BCUT2D eigenvalue weighted by atomic mass is 35.5. The van der Waals surface area contributed by atoms with Crippen molar-refractivity contribution in [2.45, 2.75) is 6.92 Å². The average molecular weight is 426 g/mol. The van der Waals surface area contributed by atoms with Crippen LogP contribution in [0.5, 0.6) is 0 Å². The summed E-state index contributed by atoms with van der Waals surface area (Å²) in [7, 11) is 1.34. The quantitative estimate of drug-likeness (QED) is 0.357. The first-order valence-electron chi connectivity index (χ1n) is 8.69. The first-order valence-corrected chi connectivity index (χ1v) is 9.89. The van der Waals surface area contributed by atoms with Gasteiger partial charge in [-0.25, -0.2) is 9.78 Å². The van der Waals surface area contributed by atoms with Crippen LogP contribution in [-0.2, 0) is 4.74 Å². The molecule has 0 bridgehead atoms. The van der Waals surface area contributed by atoms with E-state index in [1.165, 1.54) is 18.4 Å². The summed E-state index contributed by atoms with van der Waals surface area (Å²) >= 11 is 7.35. The Morgan fingerprint density at radius 1 is 1.21 bits per heavy atom. The first-order chi connectivity index (χ1) is 14.0. The Labute approximate surface area is 175 Å². The van der Waals surface area contributed by atoms with Crippen molar-refractivity contribution in [3.63, 3.8) is 0 Å². The predicted molar refractivity (Wildman–Crippen MR) is 114 cm³/mol. The van der Waals surface area contributed by atoms with Crippen LogP contribution in [0.1, 0.15) is 15.4 Å². The standard InChI is InChI=1S/C21H16ClN3O3S/c1-12-19(20(26)27-2)29-21(23-12)25-24-16-11-18(13-6-4-3-5-7-13)28-17-9-8-14(22)10-15(16)17/h3-11H,1-2H3,(H,23,25). The van der Waals surface area contributed by atoms with E-state index in [-0.39, 0.29) is 0 Å². The van der Waals surface area contributed by atoms with E-state index in [2.05, 4.69) is 15.5 Å². The number of carbonyl (C=O) groups excluding carboxylic acids is 1. The molecule has 0 aliphatic carbocycles. The fourth-order valence-electron chi connectivity index (χ4n) is 2.81. The number of aryl methyl sites for hydroxylation is 1. The van der Waals surface area contributed by atoms with Crippen LogP contribution in [0.4, 0.5) is 5.13 Å². The van der Waals surface area contributed by atoms with Gasteiger partial charge in [0.15, 0.2) is 0 Å². The lowest BCUT2D eigenvalue weighted by molar-refractivity contribution is 0.0605. The third kappa shape index (κ3) is 4.01. The highest BCUT2D eigenvalue weighted by molar-refractivity contribution is 7.17. The number of hydrogen-bond acceptors (Lipinski definition) is 7. The monoisotopic (exact) mass is 425 g/mol. The minimum atomic E-state index is -0.421. The van der Waals surface area contributed by atoms with Crippen molar-refractivity contribution < 1.29 is 13.9 Å². The molecule has 4 rings (SSSR count). The summed E-state index contributed by atoms with van der Waals surface area (Å²) in [6.45, 7) is 1.75. The number of methoxy groups -OCH3 is 1. The number of fused-ring (bicyclic) bond motifs is 1. The third-order valence-corrected chi connectivity index (χ3v) is 5.48. The van der Waals surface area contributed by atoms with Gasteiger partial charge in [-0.3, -0.25) is 5.43 Å². The lowest BCUT2D eigenvalue weighted by Gasteiger charge is -2.05. The molecule has 0 radical (unpaired) electrons. The molecule has 0 amide bonds. The smallest absolute Gasteiger partial charge is 0.350 e. The first kappa shape index (κ1) is 19.2. The zero-order chi connectivity index (χ0) is 20.4. The largest absolute Gasteiger partial charge is 0.465 e. The summed E-state index contributed by atoms with van der Waals surface area (Å²) in [5.41, 5.74) is 5.10. The molecule has 146 valence electrons. The normalized spacial score (nSPS) is 11.6. The van der Waals surface area contributed by atoms with E-state index in [0.717, 1.165) is 10.9 Å². The second kappa shape index (κ2) is 8.06. The Hall–Kier alpha value is -3.16. The maximum atomic E-state index is 11.8. The van der Waals surface area contributed by atoms with Crippen molar-refractivity contribution in [1.29, 1.82) is 0 Å². The molecule has 0 saturated heterocycles.